The Morgan fingerprint density at radius 1 is 0.789 bits per heavy atom. The topological polar surface area (TPSA) is 78.9 Å². The first-order chi connectivity index (χ1) is 8.85. The second-order valence-corrected chi connectivity index (χ2v) is 3.70. The van der Waals surface area contributed by atoms with Gasteiger partial charge in [-0.15, -0.1) is 0 Å². The largest absolute Gasteiger partial charge is 0.453 e. The highest BCUT2D eigenvalue weighted by Crippen LogP contribution is 2.29. The number of hydrogen-bond donors (Lipinski definition) is 0. The molecule has 0 unspecified atom stereocenters. The summed E-state index contributed by atoms with van der Waals surface area (Å²) in [4.78, 5) is 33.6. The standard InChI is InChI=1S/C13H14O6/c1-9(14)17-13(18-10(2)15,19-11(3)16)12-7-5-4-6-8-12/h4-8H,1-3H3. The Morgan fingerprint density at radius 3 is 1.47 bits per heavy atom. The molecular formula is C13H14O6. The van der Waals surface area contributed by atoms with Gasteiger partial charge < -0.3 is 14.2 Å². The number of ether oxygens (including phenoxy) is 3. The summed E-state index contributed by atoms with van der Waals surface area (Å²) in [5, 5.41) is 0. The van der Waals surface area contributed by atoms with E-state index in [1.165, 1.54) is 12.1 Å². The number of carbonyl (C=O) groups is 3. The van der Waals surface area contributed by atoms with Crippen LogP contribution in [0.2, 0.25) is 0 Å². The van der Waals surface area contributed by atoms with Crippen molar-refractivity contribution in [3.05, 3.63) is 35.9 Å². The summed E-state index contributed by atoms with van der Waals surface area (Å²) in [6.45, 7) is 3.35. The molecule has 0 heterocycles. The Morgan fingerprint density at radius 2 is 1.16 bits per heavy atom. The molecule has 0 aliphatic rings. The predicted octanol–water partition coefficient (Wildman–Crippen LogP) is 1.49. The molecule has 0 saturated carbocycles. The van der Waals surface area contributed by atoms with Crippen molar-refractivity contribution in [1.29, 1.82) is 0 Å². The third kappa shape index (κ3) is 4.09. The fourth-order valence-corrected chi connectivity index (χ4v) is 1.45. The third-order valence-electron chi connectivity index (χ3n) is 1.96. The van der Waals surface area contributed by atoms with Crippen molar-refractivity contribution in [2.45, 2.75) is 26.7 Å². The van der Waals surface area contributed by atoms with Crippen molar-refractivity contribution in [3.63, 3.8) is 0 Å². The molecule has 1 aromatic rings. The summed E-state index contributed by atoms with van der Waals surface area (Å²) < 4.78 is 14.8. The van der Waals surface area contributed by atoms with E-state index in [-0.39, 0.29) is 5.56 Å². The van der Waals surface area contributed by atoms with E-state index in [4.69, 9.17) is 14.2 Å². The molecule has 1 rings (SSSR count). The second-order valence-electron chi connectivity index (χ2n) is 3.70. The van der Waals surface area contributed by atoms with Gasteiger partial charge in [0.15, 0.2) is 0 Å². The van der Waals surface area contributed by atoms with Gasteiger partial charge in [0.1, 0.15) is 0 Å². The molecule has 0 amide bonds. The normalized spacial score (nSPS) is 10.5. The minimum Gasteiger partial charge on any atom is -0.384 e. The van der Waals surface area contributed by atoms with Crippen molar-refractivity contribution >= 4 is 17.9 Å². The lowest BCUT2D eigenvalue weighted by molar-refractivity contribution is -0.338. The number of esters is 3. The number of rotatable bonds is 4. The highest BCUT2D eigenvalue weighted by Gasteiger charge is 2.44. The molecule has 0 radical (unpaired) electrons. The summed E-state index contributed by atoms with van der Waals surface area (Å²) in [7, 11) is 0. The van der Waals surface area contributed by atoms with Crippen LogP contribution in [-0.2, 0) is 34.6 Å². The van der Waals surface area contributed by atoms with Crippen molar-refractivity contribution in [3.8, 4) is 0 Å². The maximum Gasteiger partial charge on any atom is 0.453 e. The first-order valence-corrected chi connectivity index (χ1v) is 5.50. The smallest absolute Gasteiger partial charge is 0.384 e. The van der Waals surface area contributed by atoms with Gasteiger partial charge >= 0.3 is 23.9 Å². The first kappa shape index (κ1) is 14.7. The fourth-order valence-electron chi connectivity index (χ4n) is 1.45. The molecule has 6 nitrogen and oxygen atoms in total. The van der Waals surface area contributed by atoms with Crippen LogP contribution < -0.4 is 0 Å². The Labute approximate surface area is 110 Å². The van der Waals surface area contributed by atoms with Crippen molar-refractivity contribution in [2.75, 3.05) is 0 Å². The minimum atomic E-state index is -2.19. The van der Waals surface area contributed by atoms with Gasteiger partial charge in [-0.25, -0.2) is 0 Å². The van der Waals surface area contributed by atoms with Crippen molar-refractivity contribution in [1.82, 2.24) is 0 Å². The molecule has 0 aliphatic carbocycles. The van der Waals surface area contributed by atoms with Crippen molar-refractivity contribution in [2.24, 2.45) is 0 Å². The van der Waals surface area contributed by atoms with Crippen LogP contribution in [0.3, 0.4) is 0 Å². The van der Waals surface area contributed by atoms with Gasteiger partial charge in [-0.05, 0) is 12.1 Å². The highest BCUT2D eigenvalue weighted by atomic mass is 16.9. The minimum absolute atomic E-state index is 0.218. The molecule has 102 valence electrons. The Hall–Kier alpha value is -2.37. The summed E-state index contributed by atoms with van der Waals surface area (Å²) in [6.07, 6.45) is 0. The van der Waals surface area contributed by atoms with Gasteiger partial charge in [-0.3, -0.25) is 14.4 Å². The third-order valence-corrected chi connectivity index (χ3v) is 1.96. The molecule has 0 spiro atoms. The highest BCUT2D eigenvalue weighted by molar-refractivity contribution is 5.71. The first-order valence-electron chi connectivity index (χ1n) is 5.50. The molecule has 1 aromatic carbocycles. The van der Waals surface area contributed by atoms with Crippen LogP contribution in [-0.4, -0.2) is 17.9 Å². The van der Waals surface area contributed by atoms with Gasteiger partial charge in [0.05, 0.1) is 5.56 Å². The number of hydrogen-bond acceptors (Lipinski definition) is 6. The Balaban J connectivity index is 3.28. The summed E-state index contributed by atoms with van der Waals surface area (Å²) in [5.41, 5.74) is 0.218. The summed E-state index contributed by atoms with van der Waals surface area (Å²) in [5.74, 6) is -4.46. The van der Waals surface area contributed by atoms with E-state index in [1.807, 2.05) is 0 Å². The van der Waals surface area contributed by atoms with Gasteiger partial charge in [0.25, 0.3) is 0 Å². The zero-order chi connectivity index (χ0) is 14.5. The fraction of sp³-hybridized carbons (Fsp3) is 0.308. The summed E-state index contributed by atoms with van der Waals surface area (Å²) >= 11 is 0. The van der Waals surface area contributed by atoms with Gasteiger partial charge in [0.2, 0.25) is 0 Å². The van der Waals surface area contributed by atoms with Gasteiger partial charge in [-0.1, -0.05) is 18.2 Å². The molecule has 0 saturated heterocycles. The maximum atomic E-state index is 11.2. The second kappa shape index (κ2) is 5.99. The van der Waals surface area contributed by atoms with Crippen LogP contribution in [0.15, 0.2) is 30.3 Å². The SMILES string of the molecule is CC(=O)OC(OC(C)=O)(OC(C)=O)c1ccccc1. The van der Waals surface area contributed by atoms with E-state index >= 15 is 0 Å². The van der Waals surface area contributed by atoms with E-state index in [0.29, 0.717) is 0 Å². The molecule has 0 aliphatic heterocycles. The van der Waals surface area contributed by atoms with Gasteiger partial charge in [-0.2, -0.15) is 0 Å². The molecule has 0 fully saturated rings. The predicted molar refractivity (Wildman–Crippen MR) is 63.4 cm³/mol. The van der Waals surface area contributed by atoms with E-state index in [2.05, 4.69) is 0 Å². The Bertz CT molecular complexity index is 438. The molecule has 0 N–H and O–H groups in total. The van der Waals surface area contributed by atoms with Crippen LogP contribution >= 0.6 is 0 Å². The van der Waals surface area contributed by atoms with E-state index in [1.54, 1.807) is 18.2 Å². The lowest BCUT2D eigenvalue weighted by Crippen LogP contribution is -2.40. The van der Waals surface area contributed by atoms with E-state index < -0.39 is 23.9 Å². The van der Waals surface area contributed by atoms with Gasteiger partial charge in [0, 0.05) is 20.8 Å². The van der Waals surface area contributed by atoms with E-state index in [9.17, 15) is 14.4 Å². The van der Waals surface area contributed by atoms with Crippen LogP contribution in [0.25, 0.3) is 0 Å². The van der Waals surface area contributed by atoms with Crippen LogP contribution in [0.5, 0.6) is 0 Å². The lowest BCUT2D eigenvalue weighted by atomic mass is 10.2. The Kier molecular flexibility index (Phi) is 4.63. The lowest BCUT2D eigenvalue weighted by Gasteiger charge is -2.30. The quantitative estimate of drug-likeness (QED) is 0.606. The average Bonchev–Trinajstić information content (AvgIpc) is 2.27. The molecule has 0 atom stereocenters. The molecule has 6 heteroatoms. The van der Waals surface area contributed by atoms with Crippen LogP contribution in [0.4, 0.5) is 0 Å². The average molecular weight is 266 g/mol. The zero-order valence-electron chi connectivity index (χ0n) is 10.8. The van der Waals surface area contributed by atoms with E-state index in [0.717, 1.165) is 20.8 Å². The zero-order valence-corrected chi connectivity index (χ0v) is 10.8. The van der Waals surface area contributed by atoms with Crippen LogP contribution in [0.1, 0.15) is 26.3 Å². The monoisotopic (exact) mass is 266 g/mol. The number of carbonyl (C=O) groups excluding carboxylic acids is 3. The molecule has 0 aromatic heterocycles. The molecule has 19 heavy (non-hydrogen) atoms. The molecule has 0 bridgehead atoms. The van der Waals surface area contributed by atoms with Crippen molar-refractivity contribution < 1.29 is 28.6 Å². The maximum absolute atomic E-state index is 11.2. The number of benzene rings is 1. The van der Waals surface area contributed by atoms with Crippen LogP contribution in [0, 0.1) is 0 Å². The molecular weight excluding hydrogens is 252 g/mol. The summed E-state index contributed by atoms with van der Waals surface area (Å²) in [6, 6.07) is 7.98.